The molecule has 1 atom stereocenters. The highest BCUT2D eigenvalue weighted by atomic mass is 16.7. The largest absolute Gasteiger partial charge is 0.454 e. The summed E-state index contributed by atoms with van der Waals surface area (Å²) in [6.45, 7) is 9.40. The minimum absolute atomic E-state index is 0.0302. The minimum Gasteiger partial charge on any atom is -0.454 e. The average Bonchev–Trinajstić information content (AvgIpc) is 3.12. The van der Waals surface area contributed by atoms with E-state index >= 15 is 0 Å². The number of carbonyl (C=O) groups excluding carboxylic acids is 1. The van der Waals surface area contributed by atoms with E-state index in [9.17, 15) is 4.79 Å². The molecule has 0 spiro atoms. The van der Waals surface area contributed by atoms with Crippen molar-refractivity contribution in [2.24, 2.45) is 0 Å². The summed E-state index contributed by atoms with van der Waals surface area (Å²) in [6, 6.07) is 16.1. The molecular weight excluding hydrogens is 326 g/mol. The first-order chi connectivity index (χ1) is 12.6. The summed E-state index contributed by atoms with van der Waals surface area (Å²) < 4.78 is 10.9. The molecule has 0 aromatic heterocycles. The van der Waals surface area contributed by atoms with E-state index in [1.54, 1.807) is 0 Å². The van der Waals surface area contributed by atoms with Crippen LogP contribution in [0.3, 0.4) is 0 Å². The van der Waals surface area contributed by atoms with Crippen molar-refractivity contribution in [1.29, 1.82) is 0 Å². The lowest BCUT2D eigenvalue weighted by atomic mass is 9.88. The number of fused-ring (bicyclic) bond motifs is 1. The first kappa shape index (κ1) is 18.1. The van der Waals surface area contributed by atoms with Crippen molar-refractivity contribution in [3.8, 4) is 11.5 Å². The minimum atomic E-state index is -0.0302. The highest BCUT2D eigenvalue weighted by molar-refractivity contribution is 5.78. The quantitative estimate of drug-likeness (QED) is 0.696. The van der Waals surface area contributed by atoms with Gasteiger partial charge in [-0.2, -0.15) is 0 Å². The maximum atomic E-state index is 12.9. The second-order valence-electron chi connectivity index (χ2n) is 6.65. The van der Waals surface area contributed by atoms with E-state index in [0.717, 1.165) is 28.2 Å². The molecule has 2 aromatic carbocycles. The average molecular weight is 351 g/mol. The molecule has 0 saturated carbocycles. The van der Waals surface area contributed by atoms with E-state index < -0.39 is 0 Å². The van der Waals surface area contributed by atoms with E-state index in [0.29, 0.717) is 19.5 Å². The fourth-order valence-electron chi connectivity index (χ4n) is 3.25. The van der Waals surface area contributed by atoms with Crippen LogP contribution in [-0.2, 0) is 4.79 Å². The van der Waals surface area contributed by atoms with Gasteiger partial charge in [0.2, 0.25) is 12.7 Å². The molecule has 0 radical (unpaired) electrons. The van der Waals surface area contributed by atoms with Gasteiger partial charge in [0.1, 0.15) is 0 Å². The van der Waals surface area contributed by atoms with Gasteiger partial charge >= 0.3 is 0 Å². The summed E-state index contributed by atoms with van der Waals surface area (Å²) >= 11 is 0. The monoisotopic (exact) mass is 351 g/mol. The summed E-state index contributed by atoms with van der Waals surface area (Å²) in [7, 11) is 0. The Morgan fingerprint density at radius 2 is 1.85 bits per heavy atom. The molecule has 136 valence electrons. The summed E-state index contributed by atoms with van der Waals surface area (Å²) in [5.74, 6) is 1.59. The molecule has 1 aliphatic rings. The van der Waals surface area contributed by atoms with Gasteiger partial charge in [-0.05, 0) is 37.1 Å². The summed E-state index contributed by atoms with van der Waals surface area (Å²) in [6.07, 6.45) is 0.408. The van der Waals surface area contributed by atoms with Crippen molar-refractivity contribution in [2.75, 3.05) is 19.9 Å². The predicted octanol–water partition coefficient (Wildman–Crippen LogP) is 4.36. The Bertz CT molecular complexity index is 785. The van der Waals surface area contributed by atoms with Crippen LogP contribution in [-0.4, -0.2) is 30.7 Å². The van der Waals surface area contributed by atoms with Crippen molar-refractivity contribution >= 4 is 5.91 Å². The van der Waals surface area contributed by atoms with Gasteiger partial charge in [0.05, 0.1) is 0 Å². The van der Waals surface area contributed by atoms with E-state index in [2.05, 4.69) is 18.7 Å². The van der Waals surface area contributed by atoms with E-state index in [1.165, 1.54) is 0 Å². The van der Waals surface area contributed by atoms with Gasteiger partial charge in [-0.25, -0.2) is 0 Å². The van der Waals surface area contributed by atoms with Crippen LogP contribution in [0.1, 0.15) is 37.3 Å². The molecular formula is C22H25NO3. The number of benzene rings is 2. The third kappa shape index (κ3) is 4.07. The Morgan fingerprint density at radius 1 is 1.12 bits per heavy atom. The maximum absolute atomic E-state index is 12.9. The topological polar surface area (TPSA) is 38.8 Å². The first-order valence-corrected chi connectivity index (χ1v) is 8.95. The van der Waals surface area contributed by atoms with Crippen LogP contribution >= 0.6 is 0 Å². The van der Waals surface area contributed by atoms with Crippen LogP contribution in [0.4, 0.5) is 0 Å². The van der Waals surface area contributed by atoms with Gasteiger partial charge in [0, 0.05) is 25.4 Å². The molecule has 1 aliphatic heterocycles. The van der Waals surface area contributed by atoms with Crippen LogP contribution in [0.2, 0.25) is 0 Å². The molecule has 0 fully saturated rings. The molecule has 4 nitrogen and oxygen atoms in total. The highest BCUT2D eigenvalue weighted by Gasteiger charge is 2.24. The van der Waals surface area contributed by atoms with E-state index in [4.69, 9.17) is 9.47 Å². The van der Waals surface area contributed by atoms with Gasteiger partial charge < -0.3 is 14.4 Å². The fraction of sp³-hybridized carbons (Fsp3) is 0.318. The molecule has 0 bridgehead atoms. The second-order valence-corrected chi connectivity index (χ2v) is 6.65. The number of hydrogen-bond donors (Lipinski definition) is 0. The number of ether oxygens (including phenoxy) is 2. The maximum Gasteiger partial charge on any atom is 0.231 e. The van der Waals surface area contributed by atoms with Gasteiger partial charge in [-0.15, -0.1) is 0 Å². The van der Waals surface area contributed by atoms with E-state index in [-0.39, 0.29) is 18.6 Å². The van der Waals surface area contributed by atoms with Crippen molar-refractivity contribution < 1.29 is 14.3 Å². The van der Waals surface area contributed by atoms with Crippen LogP contribution in [0, 0.1) is 0 Å². The Morgan fingerprint density at radius 3 is 2.54 bits per heavy atom. The zero-order chi connectivity index (χ0) is 18.5. The first-order valence-electron chi connectivity index (χ1n) is 8.95. The molecule has 3 rings (SSSR count). The highest BCUT2D eigenvalue weighted by Crippen LogP contribution is 2.37. The normalized spacial score (nSPS) is 13.3. The Balaban J connectivity index is 1.89. The van der Waals surface area contributed by atoms with Crippen LogP contribution in [0.25, 0.3) is 0 Å². The molecule has 4 heteroatoms. The van der Waals surface area contributed by atoms with Crippen LogP contribution in [0.15, 0.2) is 60.7 Å². The van der Waals surface area contributed by atoms with Crippen molar-refractivity contribution in [2.45, 2.75) is 26.2 Å². The SMILES string of the molecule is C=C(C)CN(CC)C(=O)C[C@@H](c1ccccc1)c1ccc2c(c1)OCO2. The third-order valence-corrected chi connectivity index (χ3v) is 4.57. The van der Waals surface area contributed by atoms with Crippen LogP contribution < -0.4 is 9.47 Å². The summed E-state index contributed by atoms with van der Waals surface area (Å²) in [5.41, 5.74) is 3.16. The van der Waals surface area contributed by atoms with E-state index in [1.807, 2.05) is 55.1 Å². The number of amides is 1. The molecule has 1 amide bonds. The number of nitrogens with zero attached hydrogens (tertiary/aromatic N) is 1. The number of carbonyl (C=O) groups is 1. The standard InChI is InChI=1S/C22H25NO3/c1-4-23(14-16(2)3)22(24)13-19(17-8-6-5-7-9-17)18-10-11-20-21(12-18)26-15-25-20/h5-12,19H,2,4,13-15H2,1,3H3/t19-/m0/s1. The zero-order valence-corrected chi connectivity index (χ0v) is 15.4. The van der Waals surface area contributed by atoms with Crippen molar-refractivity contribution in [3.05, 3.63) is 71.8 Å². The molecule has 0 N–H and O–H groups in total. The number of rotatable bonds is 7. The Labute approximate surface area is 155 Å². The molecule has 1 heterocycles. The molecule has 0 aliphatic carbocycles. The van der Waals surface area contributed by atoms with Gasteiger partial charge in [-0.1, -0.05) is 48.6 Å². The predicted molar refractivity (Wildman–Crippen MR) is 103 cm³/mol. The van der Waals surface area contributed by atoms with Gasteiger partial charge in [0.25, 0.3) is 0 Å². The lowest BCUT2D eigenvalue weighted by Crippen LogP contribution is -2.33. The molecule has 0 saturated heterocycles. The second kappa shape index (κ2) is 8.09. The number of hydrogen-bond acceptors (Lipinski definition) is 3. The fourth-order valence-corrected chi connectivity index (χ4v) is 3.25. The number of likely N-dealkylation sites (N-methyl/N-ethyl adjacent to an activating group) is 1. The lowest BCUT2D eigenvalue weighted by Gasteiger charge is -2.25. The van der Waals surface area contributed by atoms with Gasteiger partial charge in [-0.3, -0.25) is 4.79 Å². The molecule has 26 heavy (non-hydrogen) atoms. The molecule has 2 aromatic rings. The Kier molecular flexibility index (Phi) is 5.61. The summed E-state index contributed by atoms with van der Waals surface area (Å²) in [4.78, 5) is 14.8. The zero-order valence-electron chi connectivity index (χ0n) is 15.4. The third-order valence-electron chi connectivity index (χ3n) is 4.57. The lowest BCUT2D eigenvalue weighted by molar-refractivity contribution is -0.130. The Hall–Kier alpha value is -2.75. The van der Waals surface area contributed by atoms with Crippen molar-refractivity contribution in [1.82, 2.24) is 4.90 Å². The van der Waals surface area contributed by atoms with Crippen LogP contribution in [0.5, 0.6) is 11.5 Å². The molecule has 0 unspecified atom stereocenters. The summed E-state index contributed by atoms with van der Waals surface area (Å²) in [5, 5.41) is 0. The smallest absolute Gasteiger partial charge is 0.231 e. The van der Waals surface area contributed by atoms with Gasteiger partial charge in [0.15, 0.2) is 11.5 Å². The van der Waals surface area contributed by atoms with Crippen molar-refractivity contribution in [3.63, 3.8) is 0 Å².